The number of carbonyl (C=O) groups excluding carboxylic acids is 1. The fourth-order valence-corrected chi connectivity index (χ4v) is 2.76. The lowest BCUT2D eigenvalue weighted by Gasteiger charge is -2.27. The highest BCUT2D eigenvalue weighted by Gasteiger charge is 2.64. The molecule has 1 aliphatic rings. The summed E-state index contributed by atoms with van der Waals surface area (Å²) in [4.78, 5) is 15.5. The van der Waals surface area contributed by atoms with E-state index < -0.39 is 36.3 Å². The van der Waals surface area contributed by atoms with E-state index in [9.17, 15) is 27.5 Å². The maximum atomic E-state index is 13.3. The molecular formula is C19H15F4NO4. The number of rotatable bonds is 4. The maximum Gasteiger partial charge on any atom is 0.470 e. The molecule has 2 atom stereocenters. The first kappa shape index (κ1) is 19.8. The normalized spacial score (nSPS) is 20.3. The summed E-state index contributed by atoms with van der Waals surface area (Å²) < 4.78 is 57.3. The van der Waals surface area contributed by atoms with Crippen LogP contribution in [0.25, 0.3) is 0 Å². The molecule has 0 radical (unpaired) electrons. The number of hydrogen-bond donors (Lipinski definition) is 1. The minimum atomic E-state index is -4.97. The van der Waals surface area contributed by atoms with Gasteiger partial charge in [-0.15, -0.1) is 0 Å². The summed E-state index contributed by atoms with van der Waals surface area (Å²) in [6.07, 6.45) is -6.80. The lowest BCUT2D eigenvalue weighted by Crippen LogP contribution is -2.49. The van der Waals surface area contributed by atoms with Gasteiger partial charge in [-0.25, -0.2) is 4.39 Å². The standard InChI is InChI=1S/C19H15F4NO4/c1-11(25)27-18(19(21,22)23)10-16(24-28-18)12-2-4-13(5-3-12)17(26)14-6-8-15(20)9-7-14/h2-9,17,26H,10H2,1H3. The van der Waals surface area contributed by atoms with Gasteiger partial charge in [0.05, 0.1) is 12.1 Å². The zero-order valence-corrected chi connectivity index (χ0v) is 14.5. The number of carbonyl (C=O) groups is 1. The Bertz CT molecular complexity index is 894. The van der Waals surface area contributed by atoms with Crippen LogP contribution in [-0.2, 0) is 14.4 Å². The molecule has 0 saturated carbocycles. The van der Waals surface area contributed by atoms with Gasteiger partial charge in [0.25, 0.3) is 0 Å². The van der Waals surface area contributed by atoms with Gasteiger partial charge < -0.3 is 14.7 Å². The molecule has 5 nitrogen and oxygen atoms in total. The van der Waals surface area contributed by atoms with Gasteiger partial charge in [-0.05, 0) is 28.8 Å². The van der Waals surface area contributed by atoms with Crippen molar-refractivity contribution in [3.63, 3.8) is 0 Å². The first-order valence-corrected chi connectivity index (χ1v) is 8.16. The minimum Gasteiger partial charge on any atom is -0.412 e. The number of esters is 1. The largest absolute Gasteiger partial charge is 0.470 e. The topological polar surface area (TPSA) is 68.1 Å². The van der Waals surface area contributed by atoms with Gasteiger partial charge in [0.15, 0.2) is 0 Å². The molecule has 0 bridgehead atoms. The number of benzene rings is 2. The summed E-state index contributed by atoms with van der Waals surface area (Å²) in [7, 11) is 0. The van der Waals surface area contributed by atoms with Crippen molar-refractivity contribution < 1.29 is 37.0 Å². The summed E-state index contributed by atoms with van der Waals surface area (Å²) in [6.45, 7) is 0.848. The van der Waals surface area contributed by atoms with E-state index in [1.807, 2.05) is 0 Å². The van der Waals surface area contributed by atoms with Crippen molar-refractivity contribution >= 4 is 11.7 Å². The fraction of sp³-hybridized carbons (Fsp3) is 0.263. The van der Waals surface area contributed by atoms with Crippen LogP contribution in [0.4, 0.5) is 17.6 Å². The van der Waals surface area contributed by atoms with Crippen LogP contribution < -0.4 is 0 Å². The van der Waals surface area contributed by atoms with Crippen LogP contribution in [0.2, 0.25) is 0 Å². The van der Waals surface area contributed by atoms with Gasteiger partial charge in [0.2, 0.25) is 0 Å². The smallest absolute Gasteiger partial charge is 0.412 e. The molecule has 0 spiro atoms. The van der Waals surface area contributed by atoms with Crippen LogP contribution in [0.1, 0.15) is 36.1 Å². The molecule has 2 unspecified atom stereocenters. The Morgan fingerprint density at radius 2 is 1.68 bits per heavy atom. The Kier molecular flexibility index (Phi) is 5.12. The number of alkyl halides is 3. The number of nitrogens with zero attached hydrogens (tertiary/aromatic N) is 1. The van der Waals surface area contributed by atoms with E-state index >= 15 is 0 Å². The van der Waals surface area contributed by atoms with E-state index in [0.29, 0.717) is 16.7 Å². The molecule has 2 aromatic rings. The van der Waals surface area contributed by atoms with Crippen molar-refractivity contribution in [2.24, 2.45) is 5.16 Å². The average Bonchev–Trinajstić information content (AvgIpc) is 3.06. The Hall–Kier alpha value is -2.94. The second-order valence-electron chi connectivity index (χ2n) is 6.23. The average molecular weight is 397 g/mol. The van der Waals surface area contributed by atoms with Crippen molar-refractivity contribution in [1.29, 1.82) is 0 Å². The fourth-order valence-electron chi connectivity index (χ4n) is 2.76. The second-order valence-corrected chi connectivity index (χ2v) is 6.23. The van der Waals surface area contributed by atoms with E-state index in [1.165, 1.54) is 48.5 Å². The van der Waals surface area contributed by atoms with E-state index in [1.54, 1.807) is 0 Å². The Morgan fingerprint density at radius 1 is 1.14 bits per heavy atom. The molecule has 0 fully saturated rings. The highest BCUT2D eigenvalue weighted by atomic mass is 19.4. The molecule has 0 aliphatic carbocycles. The Morgan fingerprint density at radius 3 is 2.18 bits per heavy atom. The molecule has 28 heavy (non-hydrogen) atoms. The molecule has 1 heterocycles. The van der Waals surface area contributed by atoms with E-state index in [-0.39, 0.29) is 5.71 Å². The molecule has 1 N–H and O–H groups in total. The highest BCUT2D eigenvalue weighted by molar-refractivity contribution is 6.01. The number of aliphatic hydroxyl groups is 1. The third kappa shape index (κ3) is 3.84. The molecule has 0 saturated heterocycles. The van der Waals surface area contributed by atoms with Crippen LogP contribution in [0, 0.1) is 5.82 Å². The summed E-state index contributed by atoms with van der Waals surface area (Å²) in [5.74, 6) is -4.74. The lowest BCUT2D eigenvalue weighted by molar-refractivity contribution is -0.357. The van der Waals surface area contributed by atoms with E-state index in [4.69, 9.17) is 0 Å². The molecule has 3 rings (SSSR count). The molecule has 9 heteroatoms. The highest BCUT2D eigenvalue weighted by Crippen LogP contribution is 2.42. The second kappa shape index (κ2) is 7.23. The third-order valence-electron chi connectivity index (χ3n) is 4.19. The first-order chi connectivity index (χ1) is 13.1. The summed E-state index contributed by atoms with van der Waals surface area (Å²) in [5.41, 5.74) is 1.17. The zero-order chi connectivity index (χ0) is 20.5. The van der Waals surface area contributed by atoms with Crippen LogP contribution in [0.5, 0.6) is 0 Å². The van der Waals surface area contributed by atoms with Crippen molar-refractivity contribution in [2.75, 3.05) is 0 Å². The van der Waals surface area contributed by atoms with Crippen LogP contribution in [0.3, 0.4) is 0 Å². The predicted molar refractivity (Wildman–Crippen MR) is 89.7 cm³/mol. The molecule has 0 aromatic heterocycles. The van der Waals surface area contributed by atoms with Gasteiger partial charge in [-0.3, -0.25) is 4.79 Å². The first-order valence-electron chi connectivity index (χ1n) is 8.16. The lowest BCUT2D eigenvalue weighted by atomic mass is 9.97. The van der Waals surface area contributed by atoms with Gasteiger partial charge >= 0.3 is 17.9 Å². The number of aliphatic hydroxyl groups excluding tert-OH is 1. The number of oxime groups is 1. The molecule has 0 amide bonds. The quantitative estimate of drug-likeness (QED) is 0.629. The van der Waals surface area contributed by atoms with Crippen molar-refractivity contribution in [1.82, 2.24) is 0 Å². The van der Waals surface area contributed by atoms with Crippen molar-refractivity contribution in [2.45, 2.75) is 31.4 Å². The summed E-state index contributed by atoms with van der Waals surface area (Å²) in [5, 5.41) is 13.8. The molecule has 2 aromatic carbocycles. The molecule has 1 aliphatic heterocycles. The molecular weight excluding hydrogens is 382 g/mol. The Balaban J connectivity index is 1.78. The number of halogens is 4. The van der Waals surface area contributed by atoms with Gasteiger partial charge in [0.1, 0.15) is 11.9 Å². The molecule has 148 valence electrons. The monoisotopic (exact) mass is 397 g/mol. The van der Waals surface area contributed by atoms with Gasteiger partial charge in [0, 0.05) is 6.92 Å². The summed E-state index contributed by atoms with van der Waals surface area (Å²) >= 11 is 0. The Labute approximate surface area is 157 Å². The zero-order valence-electron chi connectivity index (χ0n) is 14.5. The van der Waals surface area contributed by atoms with E-state index in [2.05, 4.69) is 14.7 Å². The van der Waals surface area contributed by atoms with Crippen LogP contribution >= 0.6 is 0 Å². The van der Waals surface area contributed by atoms with Gasteiger partial charge in [-0.2, -0.15) is 13.2 Å². The minimum absolute atomic E-state index is 0.0543. The summed E-state index contributed by atoms with van der Waals surface area (Å²) in [6, 6.07) is 11.2. The maximum absolute atomic E-state index is 13.3. The predicted octanol–water partition coefficient (Wildman–Crippen LogP) is 3.85. The van der Waals surface area contributed by atoms with Crippen molar-refractivity contribution in [3.05, 3.63) is 71.0 Å². The number of hydrogen-bond acceptors (Lipinski definition) is 5. The number of ether oxygens (including phenoxy) is 1. The van der Waals surface area contributed by atoms with E-state index in [0.717, 1.165) is 6.92 Å². The third-order valence-corrected chi connectivity index (χ3v) is 4.19. The van der Waals surface area contributed by atoms with Crippen LogP contribution in [0.15, 0.2) is 53.7 Å². The SMILES string of the molecule is CC(=O)OC1(C(F)(F)F)CC(c2ccc(C(O)c3ccc(F)cc3)cc2)=NO1. The van der Waals surface area contributed by atoms with Crippen LogP contribution in [-0.4, -0.2) is 28.8 Å². The van der Waals surface area contributed by atoms with Crippen molar-refractivity contribution in [3.8, 4) is 0 Å². The van der Waals surface area contributed by atoms with Gasteiger partial charge in [-0.1, -0.05) is 41.6 Å².